The number of benzene rings is 19. The van der Waals surface area contributed by atoms with E-state index in [4.69, 9.17) is 0 Å². The summed E-state index contributed by atoms with van der Waals surface area (Å²) in [7, 11) is -6.85. The van der Waals surface area contributed by atoms with Crippen LogP contribution >= 0.6 is 14.3 Å². The molecule has 1 unspecified atom stereocenters. The Bertz CT molecular complexity index is 6730. The van der Waals surface area contributed by atoms with E-state index in [1.807, 2.05) is 78.9 Å². The average molecular weight is 1320 g/mol. The molecule has 0 N–H and O–H groups in total. The topological polar surface area (TPSA) is 34.1 Å². The van der Waals surface area contributed by atoms with Crippen molar-refractivity contribution < 1.29 is 9.13 Å². The minimum absolute atomic E-state index is 0.371. The van der Waals surface area contributed by atoms with Crippen LogP contribution in [0.2, 0.25) is 0 Å². The lowest BCUT2D eigenvalue weighted by Crippen LogP contribution is -2.26. The maximum absolute atomic E-state index is 17.5. The molecule has 0 amide bonds. The lowest BCUT2D eigenvalue weighted by molar-refractivity contribution is 0.591. The van der Waals surface area contributed by atoms with Crippen LogP contribution in [0.15, 0.2) is 352 Å². The quantitative estimate of drug-likeness (QED) is 0.0820. The molecule has 20 rings (SSSR count). The molecule has 19 aromatic rings. The van der Waals surface area contributed by atoms with Crippen LogP contribution in [-0.4, -0.2) is 0 Å². The Morgan fingerprint density at radius 3 is 1.07 bits per heavy atom. The van der Waals surface area contributed by atoms with Crippen molar-refractivity contribution in [1.82, 2.24) is 0 Å². The van der Waals surface area contributed by atoms with E-state index in [0.29, 0.717) is 0 Å². The van der Waals surface area contributed by atoms with E-state index in [0.717, 1.165) is 81.2 Å². The fourth-order valence-electron chi connectivity index (χ4n) is 17.7. The summed E-state index contributed by atoms with van der Waals surface area (Å²) in [4.78, 5) is 0. The van der Waals surface area contributed by atoms with Gasteiger partial charge in [0.1, 0.15) is 0 Å². The van der Waals surface area contributed by atoms with E-state index in [1.54, 1.807) is 0 Å². The van der Waals surface area contributed by atoms with Gasteiger partial charge in [0.2, 0.25) is 0 Å². The standard InChI is InChI=1S/C97H64O2P2/c1-97(2)91-57-63(49-53-76(91)77-55-52-68(58-92(77)97)100(98,64-26-6-3-7-27-64)65-28-8-4-9-29-65)86-59-88-73-36-15-13-34-71(73)87-56-62(48-54-83(87)94(88)79-40-20-17-37-74(79)86)61-46-50-67(51-47-61)101(99,66-30-10-5-11-31-66)96-84-44-24-22-42-81(84)95(82-43-23-25-45-85(82)96)90-60-89-72-35-14-12-32-69(72)70-33-16-19-39-78(70)93(89)80-41-21-18-38-75(80)90/h3-60H,1-2H3. The van der Waals surface area contributed by atoms with Gasteiger partial charge in [-0.3, -0.25) is 0 Å². The maximum atomic E-state index is 17.5. The molecule has 4 heteroatoms. The second-order valence-corrected chi connectivity index (χ2v) is 33.4. The van der Waals surface area contributed by atoms with E-state index in [-0.39, 0.29) is 5.41 Å². The summed E-state index contributed by atoms with van der Waals surface area (Å²) in [6.07, 6.45) is 0. The molecule has 1 aliphatic carbocycles. The third kappa shape index (κ3) is 8.73. The molecular weight excluding hydrogens is 1260 g/mol. The van der Waals surface area contributed by atoms with Crippen molar-refractivity contribution in [1.29, 1.82) is 0 Å². The van der Waals surface area contributed by atoms with Crippen LogP contribution in [0, 0.1) is 0 Å². The highest BCUT2D eigenvalue weighted by molar-refractivity contribution is 7.86. The van der Waals surface area contributed by atoms with Crippen LogP contribution in [0.3, 0.4) is 0 Å². The van der Waals surface area contributed by atoms with Crippen LogP contribution < -0.4 is 31.8 Å². The van der Waals surface area contributed by atoms with Gasteiger partial charge in [-0.15, -0.1) is 0 Å². The molecule has 0 saturated heterocycles. The Labute approximate surface area is 585 Å². The number of hydrogen-bond donors (Lipinski definition) is 0. The van der Waals surface area contributed by atoms with Gasteiger partial charge in [0, 0.05) is 37.2 Å². The van der Waals surface area contributed by atoms with Gasteiger partial charge < -0.3 is 9.13 Å². The lowest BCUT2D eigenvalue weighted by atomic mass is 9.81. The zero-order chi connectivity index (χ0) is 67.3. The molecule has 0 aliphatic heterocycles. The predicted octanol–water partition coefficient (Wildman–Crippen LogP) is 23.8. The summed E-state index contributed by atoms with van der Waals surface area (Å²) in [5, 5.41) is 28.5. The molecule has 0 radical (unpaired) electrons. The first-order valence-electron chi connectivity index (χ1n) is 34.9. The molecule has 0 bridgehead atoms. The van der Waals surface area contributed by atoms with Crippen LogP contribution in [0.25, 0.3) is 152 Å². The molecule has 19 aromatic carbocycles. The third-order valence-electron chi connectivity index (χ3n) is 22.3. The normalized spacial score (nSPS) is 13.5. The lowest BCUT2D eigenvalue weighted by Gasteiger charge is -2.26. The molecule has 0 heterocycles. The molecule has 1 aliphatic rings. The first-order valence-corrected chi connectivity index (χ1v) is 38.3. The first-order chi connectivity index (χ1) is 49.6. The van der Waals surface area contributed by atoms with Crippen LogP contribution in [0.1, 0.15) is 25.0 Å². The van der Waals surface area contributed by atoms with Gasteiger partial charge in [0.15, 0.2) is 14.3 Å². The van der Waals surface area contributed by atoms with Gasteiger partial charge in [0.25, 0.3) is 0 Å². The summed E-state index contributed by atoms with van der Waals surface area (Å²) in [6.45, 7) is 4.65. The molecule has 2 nitrogen and oxygen atoms in total. The van der Waals surface area contributed by atoms with E-state index in [9.17, 15) is 0 Å². The molecule has 0 aromatic heterocycles. The second-order valence-electron chi connectivity index (χ2n) is 27.9. The summed E-state index contributed by atoms with van der Waals surface area (Å²) in [5.74, 6) is 0. The molecule has 0 fully saturated rings. The monoisotopic (exact) mass is 1320 g/mol. The van der Waals surface area contributed by atoms with Crippen molar-refractivity contribution in [3.05, 3.63) is 363 Å². The predicted molar refractivity (Wildman–Crippen MR) is 434 cm³/mol. The van der Waals surface area contributed by atoms with Crippen molar-refractivity contribution in [3.8, 4) is 44.5 Å². The molecule has 101 heavy (non-hydrogen) atoms. The van der Waals surface area contributed by atoms with Crippen molar-refractivity contribution >= 4 is 154 Å². The van der Waals surface area contributed by atoms with Crippen LogP contribution in [0.5, 0.6) is 0 Å². The fraction of sp³-hybridized carbons (Fsp3) is 0.0309. The maximum Gasteiger partial charge on any atom is 0.172 e. The van der Waals surface area contributed by atoms with Crippen molar-refractivity contribution in [3.63, 3.8) is 0 Å². The molecule has 1 atom stereocenters. The molecular formula is C97H64O2P2. The van der Waals surface area contributed by atoms with Crippen molar-refractivity contribution in [2.75, 3.05) is 0 Å². The minimum atomic E-state index is -3.65. The van der Waals surface area contributed by atoms with Crippen LogP contribution in [0.4, 0.5) is 0 Å². The van der Waals surface area contributed by atoms with Crippen LogP contribution in [-0.2, 0) is 14.5 Å². The van der Waals surface area contributed by atoms with Gasteiger partial charge in [-0.05, 0) is 194 Å². The molecule has 0 spiro atoms. The Balaban J connectivity index is 0.710. The number of rotatable bonds is 9. The smallest absolute Gasteiger partial charge is 0.172 e. The molecule has 0 saturated carbocycles. The number of fused-ring (bicyclic) bond motifs is 21. The summed E-state index contributed by atoms with van der Waals surface area (Å²) < 4.78 is 33.2. The summed E-state index contributed by atoms with van der Waals surface area (Å²) in [6, 6.07) is 126. The molecule has 474 valence electrons. The Kier molecular flexibility index (Phi) is 13.3. The van der Waals surface area contributed by atoms with Crippen molar-refractivity contribution in [2.45, 2.75) is 19.3 Å². The average Bonchev–Trinajstić information content (AvgIpc) is 0.834. The largest absolute Gasteiger partial charge is 0.309 e. The van der Waals surface area contributed by atoms with Crippen molar-refractivity contribution in [2.24, 2.45) is 0 Å². The van der Waals surface area contributed by atoms with Gasteiger partial charge in [0.05, 0.1) is 0 Å². The number of hydrogen-bond acceptors (Lipinski definition) is 2. The van der Waals surface area contributed by atoms with Gasteiger partial charge in [-0.25, -0.2) is 0 Å². The Morgan fingerprint density at radius 1 is 0.208 bits per heavy atom. The zero-order valence-electron chi connectivity index (χ0n) is 55.7. The van der Waals surface area contributed by atoms with Gasteiger partial charge in [-0.1, -0.05) is 335 Å². The van der Waals surface area contributed by atoms with E-state index < -0.39 is 14.3 Å². The Morgan fingerprint density at radius 2 is 0.545 bits per heavy atom. The summed E-state index contributed by atoms with van der Waals surface area (Å²) >= 11 is 0. The van der Waals surface area contributed by atoms with E-state index in [2.05, 4.69) is 287 Å². The highest BCUT2D eigenvalue weighted by Crippen LogP contribution is 2.55. The fourth-order valence-corrected chi connectivity index (χ4v) is 23.4. The minimum Gasteiger partial charge on any atom is -0.309 e. The Hall–Kier alpha value is -11.8. The highest BCUT2D eigenvalue weighted by atomic mass is 31.2. The zero-order valence-corrected chi connectivity index (χ0v) is 57.5. The first kappa shape index (κ1) is 59.3. The summed E-state index contributed by atoms with van der Waals surface area (Å²) in [5.41, 5.74) is 11.3. The van der Waals surface area contributed by atoms with E-state index >= 15 is 9.13 Å². The highest BCUT2D eigenvalue weighted by Gasteiger charge is 2.40. The van der Waals surface area contributed by atoms with E-state index in [1.165, 1.54) is 114 Å². The third-order valence-corrected chi connectivity index (χ3v) is 28.6. The van der Waals surface area contributed by atoms with Gasteiger partial charge in [-0.2, -0.15) is 0 Å². The SMILES string of the molecule is CC1(C)c2cc(-c3cc4c5ccccc5c5cc(-c6ccc(P(=O)(c7ccccc7)c7c8ccccc8c(-c8cc9c%10ccccc%10c%10ccccc%10c9c9ccccc89)c8ccccc78)cc6)ccc5c4c4ccccc34)ccc2-c2ccc(P(=O)(c3ccccc3)c3ccccc3)cc21. The van der Waals surface area contributed by atoms with Gasteiger partial charge >= 0.3 is 0 Å². The second kappa shape index (κ2) is 22.6.